The van der Waals surface area contributed by atoms with Gasteiger partial charge in [-0.3, -0.25) is 4.90 Å². The van der Waals surface area contributed by atoms with Gasteiger partial charge in [-0.15, -0.1) is 0 Å². The molecule has 0 aliphatic carbocycles. The molecular formula is C7H12F3NO. The van der Waals surface area contributed by atoms with Gasteiger partial charge in [0.15, 0.2) is 0 Å². The summed E-state index contributed by atoms with van der Waals surface area (Å²) in [7, 11) is 0. The summed E-state index contributed by atoms with van der Waals surface area (Å²) in [6.45, 7) is 0.930. The van der Waals surface area contributed by atoms with Crippen LogP contribution in [0.2, 0.25) is 0 Å². The summed E-state index contributed by atoms with van der Waals surface area (Å²) in [6.07, 6.45) is -3.11. The van der Waals surface area contributed by atoms with Crippen LogP contribution in [0, 0.1) is 0 Å². The van der Waals surface area contributed by atoms with E-state index >= 15 is 0 Å². The van der Waals surface area contributed by atoms with Crippen molar-refractivity contribution in [2.45, 2.75) is 19.5 Å². The first kappa shape index (κ1) is 11.4. The molecule has 72 valence electrons. The van der Waals surface area contributed by atoms with Crippen LogP contribution in [0.15, 0.2) is 0 Å². The summed E-state index contributed by atoms with van der Waals surface area (Å²) in [5.41, 5.74) is 0. The van der Waals surface area contributed by atoms with Gasteiger partial charge in [0.2, 0.25) is 0 Å². The Balaban J connectivity index is 3.85. The maximum Gasteiger partial charge on any atom is 0.401 e. The summed E-state index contributed by atoms with van der Waals surface area (Å²) in [4.78, 5) is 11.0. The number of alkyl halides is 3. The minimum absolute atomic E-state index is 0.145. The average molecular weight is 183 g/mol. The van der Waals surface area contributed by atoms with Gasteiger partial charge in [-0.25, -0.2) is 0 Å². The summed E-state index contributed by atoms with van der Waals surface area (Å²) in [6, 6.07) is 0. The van der Waals surface area contributed by atoms with Crippen molar-refractivity contribution in [1.82, 2.24) is 4.90 Å². The number of hydrogen-bond acceptors (Lipinski definition) is 2. The van der Waals surface area contributed by atoms with Crippen molar-refractivity contribution in [2.75, 3.05) is 19.6 Å². The minimum atomic E-state index is -4.21. The molecule has 0 saturated carbocycles. The third-order valence-corrected chi connectivity index (χ3v) is 1.28. The van der Waals surface area contributed by atoms with Crippen molar-refractivity contribution in [3.05, 3.63) is 0 Å². The molecule has 0 rings (SSSR count). The van der Waals surface area contributed by atoms with Crippen molar-refractivity contribution in [3.8, 4) is 0 Å². The summed E-state index contributed by atoms with van der Waals surface area (Å²) in [5.74, 6) is 0. The smallest absolute Gasteiger partial charge is 0.302 e. The highest BCUT2D eigenvalue weighted by molar-refractivity contribution is 5.51. The lowest BCUT2D eigenvalue weighted by Gasteiger charge is -2.19. The highest BCUT2D eigenvalue weighted by Crippen LogP contribution is 2.15. The molecule has 0 aromatic carbocycles. The molecule has 0 aromatic rings. The number of rotatable bonds is 5. The quantitative estimate of drug-likeness (QED) is 0.601. The minimum Gasteiger partial charge on any atom is -0.302 e. The molecular weight excluding hydrogens is 171 g/mol. The SMILES string of the molecule is CCCN(CC=O)CC(F)(F)F. The molecule has 0 spiro atoms. The highest BCUT2D eigenvalue weighted by atomic mass is 19.4. The largest absolute Gasteiger partial charge is 0.401 e. The first-order valence-electron chi connectivity index (χ1n) is 3.72. The Labute approximate surface area is 69.3 Å². The number of carbonyl (C=O) groups is 1. The fraction of sp³-hybridized carbons (Fsp3) is 0.857. The lowest BCUT2D eigenvalue weighted by Crippen LogP contribution is -2.35. The molecule has 5 heteroatoms. The molecule has 0 saturated heterocycles. The Morgan fingerprint density at radius 2 is 2.00 bits per heavy atom. The Kier molecular flexibility index (Phi) is 4.89. The van der Waals surface area contributed by atoms with Gasteiger partial charge < -0.3 is 4.79 Å². The topological polar surface area (TPSA) is 20.3 Å². The van der Waals surface area contributed by atoms with Crippen molar-refractivity contribution < 1.29 is 18.0 Å². The molecule has 0 aliphatic rings. The van der Waals surface area contributed by atoms with Gasteiger partial charge in [0.05, 0.1) is 13.1 Å². The van der Waals surface area contributed by atoms with Crippen LogP contribution in [0.25, 0.3) is 0 Å². The highest BCUT2D eigenvalue weighted by Gasteiger charge is 2.29. The summed E-state index contributed by atoms with van der Waals surface area (Å²) < 4.78 is 35.4. The normalized spacial score (nSPS) is 12.1. The van der Waals surface area contributed by atoms with Crippen molar-refractivity contribution >= 4 is 6.29 Å². The second-order valence-electron chi connectivity index (χ2n) is 2.52. The zero-order chi connectivity index (χ0) is 9.61. The number of aldehydes is 1. The van der Waals surface area contributed by atoms with Gasteiger partial charge in [0.1, 0.15) is 6.29 Å². The third-order valence-electron chi connectivity index (χ3n) is 1.28. The van der Waals surface area contributed by atoms with E-state index in [4.69, 9.17) is 0 Å². The molecule has 0 heterocycles. The molecule has 0 fully saturated rings. The Morgan fingerprint density at radius 1 is 1.42 bits per heavy atom. The molecule has 2 nitrogen and oxygen atoms in total. The molecule has 0 aliphatic heterocycles. The maximum atomic E-state index is 11.8. The third kappa shape index (κ3) is 6.15. The van der Waals surface area contributed by atoms with Crippen molar-refractivity contribution in [2.24, 2.45) is 0 Å². The Hall–Kier alpha value is -0.580. The van der Waals surface area contributed by atoms with Gasteiger partial charge in [0, 0.05) is 0 Å². The van der Waals surface area contributed by atoms with E-state index in [1.165, 1.54) is 0 Å². The van der Waals surface area contributed by atoms with E-state index in [-0.39, 0.29) is 6.54 Å². The summed E-state index contributed by atoms with van der Waals surface area (Å²) >= 11 is 0. The molecule has 0 bridgehead atoms. The summed E-state index contributed by atoms with van der Waals surface area (Å²) in [5, 5.41) is 0. The van der Waals surface area contributed by atoms with Gasteiger partial charge in [-0.2, -0.15) is 13.2 Å². The van der Waals surface area contributed by atoms with Crippen LogP contribution in [0.1, 0.15) is 13.3 Å². The standard InChI is InChI=1S/C7H12F3NO/c1-2-3-11(4-5-12)6-7(8,9)10/h5H,2-4,6H2,1H3. The first-order valence-corrected chi connectivity index (χ1v) is 3.72. The molecule has 0 N–H and O–H groups in total. The molecule has 0 atom stereocenters. The van der Waals surface area contributed by atoms with Gasteiger partial charge in [-0.05, 0) is 13.0 Å². The monoisotopic (exact) mass is 183 g/mol. The van der Waals surface area contributed by atoms with Crippen LogP contribution >= 0.6 is 0 Å². The Morgan fingerprint density at radius 3 is 2.33 bits per heavy atom. The zero-order valence-electron chi connectivity index (χ0n) is 6.90. The molecule has 0 aromatic heterocycles. The zero-order valence-corrected chi connectivity index (χ0v) is 6.90. The van der Waals surface area contributed by atoms with E-state index in [0.717, 1.165) is 4.90 Å². The number of carbonyl (C=O) groups excluding carboxylic acids is 1. The van der Waals surface area contributed by atoms with E-state index in [1.54, 1.807) is 6.92 Å². The van der Waals surface area contributed by atoms with Gasteiger partial charge in [0.25, 0.3) is 0 Å². The van der Waals surface area contributed by atoms with Crippen LogP contribution in [0.5, 0.6) is 0 Å². The van der Waals surface area contributed by atoms with Crippen LogP contribution < -0.4 is 0 Å². The van der Waals surface area contributed by atoms with Crippen LogP contribution in [-0.4, -0.2) is 37.0 Å². The lowest BCUT2D eigenvalue weighted by molar-refractivity contribution is -0.146. The fourth-order valence-corrected chi connectivity index (χ4v) is 0.910. The van der Waals surface area contributed by atoms with Gasteiger partial charge >= 0.3 is 6.18 Å². The van der Waals surface area contributed by atoms with Crippen LogP contribution in [0.3, 0.4) is 0 Å². The van der Waals surface area contributed by atoms with Crippen molar-refractivity contribution in [3.63, 3.8) is 0 Å². The van der Waals surface area contributed by atoms with E-state index in [1.807, 2.05) is 0 Å². The van der Waals surface area contributed by atoms with E-state index in [2.05, 4.69) is 0 Å². The fourth-order valence-electron chi connectivity index (χ4n) is 0.910. The van der Waals surface area contributed by atoms with Crippen molar-refractivity contribution in [1.29, 1.82) is 0 Å². The number of nitrogens with zero attached hydrogens (tertiary/aromatic N) is 1. The Bertz CT molecular complexity index is 135. The van der Waals surface area contributed by atoms with E-state index < -0.39 is 12.7 Å². The van der Waals surface area contributed by atoms with Gasteiger partial charge in [-0.1, -0.05) is 6.92 Å². The van der Waals surface area contributed by atoms with Crippen LogP contribution in [0.4, 0.5) is 13.2 Å². The second-order valence-corrected chi connectivity index (χ2v) is 2.52. The van der Waals surface area contributed by atoms with Crippen LogP contribution in [-0.2, 0) is 4.79 Å². The predicted octanol–water partition coefficient (Wildman–Crippen LogP) is 1.46. The average Bonchev–Trinajstić information content (AvgIpc) is 1.84. The number of halogens is 3. The van der Waals surface area contributed by atoms with E-state index in [9.17, 15) is 18.0 Å². The number of hydrogen-bond donors (Lipinski definition) is 0. The van der Waals surface area contributed by atoms with E-state index in [0.29, 0.717) is 19.3 Å². The molecule has 0 amide bonds. The predicted molar refractivity (Wildman–Crippen MR) is 38.9 cm³/mol. The molecule has 12 heavy (non-hydrogen) atoms. The maximum absolute atomic E-state index is 11.8. The molecule has 0 unspecified atom stereocenters. The lowest BCUT2D eigenvalue weighted by atomic mass is 10.4. The second kappa shape index (κ2) is 5.13. The molecule has 0 radical (unpaired) electrons. The first-order chi connectivity index (χ1) is 5.49.